The van der Waals surface area contributed by atoms with Crippen LogP contribution in [0.3, 0.4) is 0 Å². The quantitative estimate of drug-likeness (QED) is 0.308. The van der Waals surface area contributed by atoms with Gasteiger partial charge in [-0.15, -0.1) is 24.0 Å². The molecule has 1 unspecified atom stereocenters. The van der Waals surface area contributed by atoms with E-state index in [2.05, 4.69) is 30.7 Å². The van der Waals surface area contributed by atoms with Crippen molar-refractivity contribution in [3.05, 3.63) is 35.4 Å². The molecule has 0 saturated carbocycles. The fraction of sp³-hybridized carbons (Fsp3) is 0.579. The second-order valence-electron chi connectivity index (χ2n) is 6.90. The lowest BCUT2D eigenvalue weighted by Gasteiger charge is -2.47. The molecule has 1 amide bonds. The average molecular weight is 486 g/mol. The van der Waals surface area contributed by atoms with Gasteiger partial charge in [-0.2, -0.15) is 0 Å². The Morgan fingerprint density at radius 2 is 2.00 bits per heavy atom. The Balaban J connectivity index is 0.00000261. The zero-order valence-electron chi connectivity index (χ0n) is 16.2. The molecule has 150 valence electrons. The predicted octanol–water partition coefficient (Wildman–Crippen LogP) is 0.372. The van der Waals surface area contributed by atoms with Gasteiger partial charge in [0.2, 0.25) is 0 Å². The number of rotatable bonds is 6. The highest BCUT2D eigenvalue weighted by Gasteiger charge is 2.31. The number of benzene rings is 1. The Kier molecular flexibility index (Phi) is 8.78. The van der Waals surface area contributed by atoms with Crippen molar-refractivity contribution in [1.29, 1.82) is 0 Å². The number of hydrogen-bond donors (Lipinski definition) is 3. The van der Waals surface area contributed by atoms with Crippen LogP contribution in [0.4, 0.5) is 0 Å². The SMILES string of the molecule is CN=C(NCCc1cccc(C(=O)NC)c1)NCC1CN2CCN1CC2.I. The molecule has 3 heterocycles. The molecule has 3 aliphatic rings. The first-order valence-electron chi connectivity index (χ1n) is 9.41. The molecule has 1 aromatic carbocycles. The van der Waals surface area contributed by atoms with Crippen LogP contribution in [-0.2, 0) is 6.42 Å². The maximum Gasteiger partial charge on any atom is 0.251 e. The zero-order chi connectivity index (χ0) is 18.4. The van der Waals surface area contributed by atoms with Crippen molar-refractivity contribution in [1.82, 2.24) is 25.8 Å². The predicted molar refractivity (Wildman–Crippen MR) is 120 cm³/mol. The van der Waals surface area contributed by atoms with E-state index in [1.807, 2.05) is 24.3 Å². The number of aliphatic imine (C=N–C) groups is 1. The van der Waals surface area contributed by atoms with Crippen LogP contribution in [0.15, 0.2) is 29.3 Å². The van der Waals surface area contributed by atoms with E-state index in [0.29, 0.717) is 11.6 Å². The van der Waals surface area contributed by atoms with Crippen LogP contribution in [0.2, 0.25) is 0 Å². The van der Waals surface area contributed by atoms with Crippen LogP contribution in [-0.4, -0.2) is 87.6 Å². The Morgan fingerprint density at radius 3 is 2.63 bits per heavy atom. The molecule has 1 aromatic rings. The van der Waals surface area contributed by atoms with E-state index >= 15 is 0 Å². The summed E-state index contributed by atoms with van der Waals surface area (Å²) in [5.74, 6) is 0.787. The number of guanidine groups is 1. The smallest absolute Gasteiger partial charge is 0.251 e. The first-order valence-corrected chi connectivity index (χ1v) is 9.41. The highest BCUT2D eigenvalue weighted by molar-refractivity contribution is 14.0. The standard InChI is InChI=1S/C19H30N6O.HI/c1-20-18(26)16-5-3-4-15(12-16)6-7-22-19(21-2)23-13-17-14-24-8-10-25(17)11-9-24;/h3-5,12,17H,6-11,13-14H2,1-2H3,(H,20,26)(H2,21,22,23);1H. The van der Waals surface area contributed by atoms with E-state index in [-0.39, 0.29) is 29.9 Å². The van der Waals surface area contributed by atoms with Gasteiger partial charge in [-0.3, -0.25) is 19.6 Å². The monoisotopic (exact) mass is 486 g/mol. The summed E-state index contributed by atoms with van der Waals surface area (Å²) in [7, 11) is 3.45. The number of fused-ring (bicyclic) bond motifs is 3. The molecule has 0 radical (unpaired) electrons. The Hall–Kier alpha value is -1.39. The molecule has 8 heteroatoms. The van der Waals surface area contributed by atoms with Crippen molar-refractivity contribution >= 4 is 35.8 Å². The van der Waals surface area contributed by atoms with Gasteiger partial charge in [-0.25, -0.2) is 0 Å². The van der Waals surface area contributed by atoms with Gasteiger partial charge in [0.05, 0.1) is 0 Å². The first kappa shape index (κ1) is 21.9. The normalized spacial score (nSPS) is 24.1. The van der Waals surface area contributed by atoms with Gasteiger partial charge >= 0.3 is 0 Å². The molecule has 4 rings (SSSR count). The van der Waals surface area contributed by atoms with Gasteiger partial charge in [-0.1, -0.05) is 12.1 Å². The molecule has 2 bridgehead atoms. The Labute approximate surface area is 179 Å². The minimum Gasteiger partial charge on any atom is -0.356 e. The highest BCUT2D eigenvalue weighted by Crippen LogP contribution is 2.14. The van der Waals surface area contributed by atoms with Gasteiger partial charge in [-0.05, 0) is 24.1 Å². The van der Waals surface area contributed by atoms with Gasteiger partial charge < -0.3 is 16.0 Å². The third kappa shape index (κ3) is 6.05. The lowest BCUT2D eigenvalue weighted by Crippen LogP contribution is -2.63. The van der Waals surface area contributed by atoms with E-state index in [4.69, 9.17) is 0 Å². The summed E-state index contributed by atoms with van der Waals surface area (Å²) >= 11 is 0. The summed E-state index contributed by atoms with van der Waals surface area (Å²) in [6.45, 7) is 7.62. The fourth-order valence-electron chi connectivity index (χ4n) is 3.69. The zero-order valence-corrected chi connectivity index (χ0v) is 18.5. The lowest BCUT2D eigenvalue weighted by atomic mass is 10.1. The average Bonchev–Trinajstić information content (AvgIpc) is 2.71. The summed E-state index contributed by atoms with van der Waals surface area (Å²) in [5.41, 5.74) is 1.83. The number of piperazine rings is 3. The van der Waals surface area contributed by atoms with E-state index in [1.165, 1.54) is 26.2 Å². The van der Waals surface area contributed by atoms with Crippen molar-refractivity contribution in [3.8, 4) is 0 Å². The highest BCUT2D eigenvalue weighted by atomic mass is 127. The van der Waals surface area contributed by atoms with Crippen LogP contribution < -0.4 is 16.0 Å². The Morgan fingerprint density at radius 1 is 1.22 bits per heavy atom. The van der Waals surface area contributed by atoms with Gasteiger partial charge in [0.1, 0.15) is 0 Å². The van der Waals surface area contributed by atoms with E-state index in [9.17, 15) is 4.79 Å². The molecule has 3 N–H and O–H groups in total. The fourth-order valence-corrected chi connectivity index (χ4v) is 3.69. The van der Waals surface area contributed by atoms with Crippen molar-refractivity contribution in [2.24, 2.45) is 4.99 Å². The number of halogens is 1. The number of nitrogens with one attached hydrogen (secondary N) is 3. The van der Waals surface area contributed by atoms with E-state index in [1.54, 1.807) is 14.1 Å². The number of carbonyl (C=O) groups excluding carboxylic acids is 1. The molecule has 3 saturated heterocycles. The maximum absolute atomic E-state index is 11.7. The molecular formula is C19H31IN6O. The van der Waals surface area contributed by atoms with Gasteiger partial charge in [0, 0.05) is 71.5 Å². The molecule has 3 aliphatic heterocycles. The molecular weight excluding hydrogens is 455 g/mol. The second kappa shape index (κ2) is 10.8. The van der Waals surface area contributed by atoms with Crippen LogP contribution in [0.5, 0.6) is 0 Å². The number of amides is 1. The van der Waals surface area contributed by atoms with Crippen molar-refractivity contribution < 1.29 is 4.79 Å². The minimum atomic E-state index is -0.0511. The number of hydrogen-bond acceptors (Lipinski definition) is 4. The number of nitrogens with zero attached hydrogens (tertiary/aromatic N) is 3. The van der Waals surface area contributed by atoms with E-state index in [0.717, 1.165) is 37.6 Å². The Bertz CT molecular complexity index is 645. The van der Waals surface area contributed by atoms with Crippen LogP contribution in [0.25, 0.3) is 0 Å². The largest absolute Gasteiger partial charge is 0.356 e. The molecule has 0 aromatic heterocycles. The topological polar surface area (TPSA) is 72.0 Å². The maximum atomic E-state index is 11.7. The summed E-state index contributed by atoms with van der Waals surface area (Å²) in [4.78, 5) is 21.2. The van der Waals surface area contributed by atoms with Crippen LogP contribution in [0.1, 0.15) is 15.9 Å². The van der Waals surface area contributed by atoms with Crippen LogP contribution in [0, 0.1) is 0 Å². The summed E-state index contributed by atoms with van der Waals surface area (Å²) < 4.78 is 0. The molecule has 1 atom stereocenters. The summed E-state index contributed by atoms with van der Waals surface area (Å²) in [6.07, 6.45) is 0.842. The first-order chi connectivity index (χ1) is 12.7. The third-order valence-electron chi connectivity index (χ3n) is 5.24. The molecule has 3 fully saturated rings. The van der Waals surface area contributed by atoms with Crippen molar-refractivity contribution in [2.75, 3.05) is 59.9 Å². The summed E-state index contributed by atoms with van der Waals surface area (Å²) in [6, 6.07) is 8.32. The summed E-state index contributed by atoms with van der Waals surface area (Å²) in [5, 5.41) is 9.49. The number of carbonyl (C=O) groups is 1. The van der Waals surface area contributed by atoms with Crippen molar-refractivity contribution in [2.45, 2.75) is 12.5 Å². The second-order valence-corrected chi connectivity index (χ2v) is 6.90. The molecule has 27 heavy (non-hydrogen) atoms. The third-order valence-corrected chi connectivity index (χ3v) is 5.24. The molecule has 0 spiro atoms. The molecule has 7 nitrogen and oxygen atoms in total. The molecule has 0 aliphatic carbocycles. The van der Waals surface area contributed by atoms with E-state index < -0.39 is 0 Å². The minimum absolute atomic E-state index is 0. The van der Waals surface area contributed by atoms with Gasteiger partial charge in [0.25, 0.3) is 5.91 Å². The van der Waals surface area contributed by atoms with Gasteiger partial charge in [0.15, 0.2) is 5.96 Å². The lowest BCUT2D eigenvalue weighted by molar-refractivity contribution is 0.0154. The van der Waals surface area contributed by atoms with Crippen molar-refractivity contribution in [3.63, 3.8) is 0 Å². The van der Waals surface area contributed by atoms with Crippen LogP contribution >= 0.6 is 24.0 Å².